The van der Waals surface area contributed by atoms with Gasteiger partial charge >= 0.3 is 0 Å². The number of nitrogens with one attached hydrogen (secondary N) is 1. The van der Waals surface area contributed by atoms with E-state index in [4.69, 9.17) is 23.2 Å². The van der Waals surface area contributed by atoms with Gasteiger partial charge in [0, 0.05) is 40.9 Å². The number of carbonyl (C=O) groups excluding carboxylic acids is 2. The van der Waals surface area contributed by atoms with Gasteiger partial charge in [-0.05, 0) is 59.6 Å². The summed E-state index contributed by atoms with van der Waals surface area (Å²) >= 11 is 14.1. The van der Waals surface area contributed by atoms with E-state index in [2.05, 4.69) is 19.2 Å². The van der Waals surface area contributed by atoms with E-state index in [1.165, 1.54) is 0 Å². The van der Waals surface area contributed by atoms with Crippen LogP contribution in [0.2, 0.25) is 10.0 Å². The van der Waals surface area contributed by atoms with E-state index >= 15 is 0 Å². The molecule has 1 N–H and O–H groups in total. The normalized spacial score (nSPS) is 11.8. The molecule has 0 saturated heterocycles. The van der Waals surface area contributed by atoms with Gasteiger partial charge in [0.05, 0.1) is 0 Å². The predicted octanol–water partition coefficient (Wildman–Crippen LogP) is 7.28. The molecule has 0 aliphatic rings. The third-order valence-electron chi connectivity index (χ3n) is 5.87. The van der Waals surface area contributed by atoms with E-state index < -0.39 is 6.04 Å². The summed E-state index contributed by atoms with van der Waals surface area (Å²) in [5.74, 6) is 0.889. The van der Waals surface area contributed by atoms with Gasteiger partial charge in [0.2, 0.25) is 11.8 Å². The Morgan fingerprint density at radius 3 is 2.27 bits per heavy atom. The molecule has 0 aliphatic heterocycles. The Morgan fingerprint density at radius 2 is 1.59 bits per heavy atom. The predicted molar refractivity (Wildman–Crippen MR) is 155 cm³/mol. The first-order valence-electron chi connectivity index (χ1n) is 12.6. The van der Waals surface area contributed by atoms with Crippen LogP contribution in [-0.4, -0.2) is 35.1 Å². The zero-order chi connectivity index (χ0) is 26.6. The molecule has 0 unspecified atom stereocenters. The zero-order valence-corrected chi connectivity index (χ0v) is 23.7. The lowest BCUT2D eigenvalue weighted by Gasteiger charge is -2.32. The largest absolute Gasteiger partial charge is 0.354 e. The van der Waals surface area contributed by atoms with Crippen LogP contribution in [-0.2, 0) is 22.6 Å². The maximum Gasteiger partial charge on any atom is 0.243 e. The molecule has 3 aromatic rings. The van der Waals surface area contributed by atoms with Crippen LogP contribution in [0.15, 0.2) is 83.8 Å². The number of benzene rings is 3. The molecule has 2 amide bonds. The van der Waals surface area contributed by atoms with Gasteiger partial charge in [0.1, 0.15) is 6.04 Å². The van der Waals surface area contributed by atoms with Crippen molar-refractivity contribution < 1.29 is 9.59 Å². The molecule has 0 heterocycles. The monoisotopic (exact) mass is 556 g/mol. The fourth-order valence-electron chi connectivity index (χ4n) is 3.87. The highest BCUT2D eigenvalue weighted by Crippen LogP contribution is 2.24. The zero-order valence-electron chi connectivity index (χ0n) is 21.3. The van der Waals surface area contributed by atoms with Crippen molar-refractivity contribution in [2.45, 2.75) is 50.6 Å². The van der Waals surface area contributed by atoms with Crippen molar-refractivity contribution in [2.24, 2.45) is 5.92 Å². The maximum atomic E-state index is 13.7. The summed E-state index contributed by atoms with van der Waals surface area (Å²) in [6, 6.07) is 24.4. The van der Waals surface area contributed by atoms with Crippen molar-refractivity contribution in [3.8, 4) is 0 Å². The fraction of sp³-hybridized carbons (Fsp3) is 0.333. The van der Waals surface area contributed by atoms with Gasteiger partial charge in [-0.25, -0.2) is 0 Å². The van der Waals surface area contributed by atoms with Crippen molar-refractivity contribution in [3.63, 3.8) is 0 Å². The smallest absolute Gasteiger partial charge is 0.243 e. The topological polar surface area (TPSA) is 49.4 Å². The van der Waals surface area contributed by atoms with Crippen LogP contribution in [0.1, 0.15) is 37.8 Å². The Morgan fingerprint density at radius 1 is 0.919 bits per heavy atom. The van der Waals surface area contributed by atoms with Crippen molar-refractivity contribution >= 4 is 46.8 Å². The highest BCUT2D eigenvalue weighted by molar-refractivity contribution is 7.99. The minimum atomic E-state index is -0.645. The van der Waals surface area contributed by atoms with E-state index in [1.807, 2.05) is 78.9 Å². The molecule has 0 radical (unpaired) electrons. The third kappa shape index (κ3) is 9.73. The molecule has 3 aromatic carbocycles. The summed E-state index contributed by atoms with van der Waals surface area (Å²) in [6.07, 6.45) is 1.46. The molecule has 1 atom stereocenters. The number of hydrogen-bond acceptors (Lipinski definition) is 3. The van der Waals surface area contributed by atoms with Crippen LogP contribution in [0.5, 0.6) is 0 Å². The standard InChI is InChI=1S/C30H34Cl2N2O2S/c1-22(2)20-33-30(36)28(19-23-9-4-3-5-10-23)34(21-24-11-6-7-12-27(24)32)29(35)13-8-18-37-26-16-14-25(31)15-17-26/h3-7,9-12,14-17,22,28H,8,13,18-21H2,1-2H3,(H,33,36)/t28-/m1/s1. The Hall–Kier alpha value is -2.47. The number of amides is 2. The molecule has 0 aromatic heterocycles. The van der Waals surface area contributed by atoms with Gasteiger partial charge < -0.3 is 10.2 Å². The Kier molecular flexibility index (Phi) is 11.8. The van der Waals surface area contributed by atoms with E-state index in [9.17, 15) is 9.59 Å². The second-order valence-corrected chi connectivity index (χ2v) is 11.4. The van der Waals surface area contributed by atoms with E-state index in [-0.39, 0.29) is 18.4 Å². The molecule has 4 nitrogen and oxygen atoms in total. The van der Waals surface area contributed by atoms with Crippen LogP contribution >= 0.6 is 35.0 Å². The molecular weight excluding hydrogens is 523 g/mol. The quantitative estimate of drug-likeness (QED) is 0.178. The number of carbonyl (C=O) groups is 2. The minimum absolute atomic E-state index is 0.0581. The first-order chi connectivity index (χ1) is 17.8. The Bertz CT molecular complexity index is 1140. The van der Waals surface area contributed by atoms with Crippen LogP contribution in [0.3, 0.4) is 0 Å². The number of nitrogens with zero attached hydrogens (tertiary/aromatic N) is 1. The Balaban J connectivity index is 1.79. The van der Waals surface area contributed by atoms with Gasteiger partial charge in [-0.3, -0.25) is 9.59 Å². The van der Waals surface area contributed by atoms with Gasteiger partial charge in [0.15, 0.2) is 0 Å². The van der Waals surface area contributed by atoms with E-state index in [0.29, 0.717) is 41.8 Å². The highest BCUT2D eigenvalue weighted by Gasteiger charge is 2.30. The van der Waals surface area contributed by atoms with E-state index in [0.717, 1.165) is 21.8 Å². The molecular formula is C30H34Cl2N2O2S. The lowest BCUT2D eigenvalue weighted by molar-refractivity contribution is -0.141. The van der Waals surface area contributed by atoms with Crippen LogP contribution in [0.4, 0.5) is 0 Å². The maximum absolute atomic E-state index is 13.7. The summed E-state index contributed by atoms with van der Waals surface area (Å²) in [6.45, 7) is 4.93. The second kappa shape index (κ2) is 15.1. The second-order valence-electron chi connectivity index (χ2n) is 9.36. The molecule has 37 heavy (non-hydrogen) atoms. The average molecular weight is 558 g/mol. The average Bonchev–Trinajstić information content (AvgIpc) is 2.89. The third-order valence-corrected chi connectivity index (χ3v) is 7.59. The molecule has 7 heteroatoms. The molecule has 0 saturated carbocycles. The molecule has 196 valence electrons. The van der Waals surface area contributed by atoms with Crippen LogP contribution in [0.25, 0.3) is 0 Å². The van der Waals surface area contributed by atoms with Gasteiger partial charge in [0.25, 0.3) is 0 Å². The molecule has 3 rings (SSSR count). The van der Waals surface area contributed by atoms with Gasteiger partial charge in [-0.2, -0.15) is 0 Å². The van der Waals surface area contributed by atoms with Crippen LogP contribution < -0.4 is 5.32 Å². The first-order valence-corrected chi connectivity index (χ1v) is 14.3. The SMILES string of the molecule is CC(C)CNC(=O)[C@@H](Cc1ccccc1)N(Cc1ccccc1Cl)C(=O)CCCSc1ccc(Cl)cc1. The van der Waals surface area contributed by atoms with Crippen LogP contribution in [0, 0.1) is 5.92 Å². The van der Waals surface area contributed by atoms with Crippen molar-refractivity contribution in [2.75, 3.05) is 12.3 Å². The highest BCUT2D eigenvalue weighted by atomic mass is 35.5. The van der Waals surface area contributed by atoms with Gasteiger partial charge in [-0.15, -0.1) is 11.8 Å². The van der Waals surface area contributed by atoms with Crippen molar-refractivity contribution in [3.05, 3.63) is 100 Å². The number of thioether (sulfide) groups is 1. The van der Waals surface area contributed by atoms with Crippen molar-refractivity contribution in [1.82, 2.24) is 10.2 Å². The Labute approximate surface area is 234 Å². The van der Waals surface area contributed by atoms with Crippen molar-refractivity contribution in [1.29, 1.82) is 0 Å². The lowest BCUT2D eigenvalue weighted by Crippen LogP contribution is -2.51. The summed E-state index contributed by atoms with van der Waals surface area (Å²) < 4.78 is 0. The van der Waals surface area contributed by atoms with E-state index in [1.54, 1.807) is 16.7 Å². The molecule has 0 aliphatic carbocycles. The summed E-state index contributed by atoms with van der Waals surface area (Å²) in [4.78, 5) is 29.9. The fourth-order valence-corrected chi connectivity index (χ4v) is 5.05. The summed E-state index contributed by atoms with van der Waals surface area (Å²) in [5, 5.41) is 4.34. The number of halogens is 2. The molecule has 0 spiro atoms. The summed E-state index contributed by atoms with van der Waals surface area (Å²) in [7, 11) is 0. The molecule has 0 bridgehead atoms. The lowest BCUT2D eigenvalue weighted by atomic mass is 10.0. The van der Waals surface area contributed by atoms with Gasteiger partial charge in [-0.1, -0.05) is 85.6 Å². The first kappa shape index (κ1) is 29.1. The number of rotatable bonds is 13. The molecule has 0 fully saturated rings. The summed E-state index contributed by atoms with van der Waals surface area (Å²) in [5.41, 5.74) is 1.82. The number of hydrogen-bond donors (Lipinski definition) is 1. The minimum Gasteiger partial charge on any atom is -0.354 e.